The van der Waals surface area contributed by atoms with Crippen LogP contribution in [0.2, 0.25) is 0 Å². The van der Waals surface area contributed by atoms with Crippen molar-refractivity contribution in [1.82, 2.24) is 0 Å². The summed E-state index contributed by atoms with van der Waals surface area (Å²) >= 11 is 0. The molecule has 100 valence electrons. The van der Waals surface area contributed by atoms with Crippen molar-refractivity contribution in [2.45, 2.75) is 52.1 Å². The first-order valence-electron chi connectivity index (χ1n) is 6.23. The summed E-state index contributed by atoms with van der Waals surface area (Å²) in [6.45, 7) is 9.29. The van der Waals surface area contributed by atoms with Gasteiger partial charge in [0.2, 0.25) is 0 Å². The molecule has 2 atom stereocenters. The van der Waals surface area contributed by atoms with Crippen LogP contribution in [0.25, 0.3) is 0 Å². The summed E-state index contributed by atoms with van der Waals surface area (Å²) in [5, 5.41) is 9.44. The van der Waals surface area contributed by atoms with Crippen molar-refractivity contribution < 1.29 is 19.3 Å². The molecule has 0 aromatic carbocycles. The molecule has 0 amide bonds. The molecule has 1 aliphatic heterocycles. The van der Waals surface area contributed by atoms with Crippen molar-refractivity contribution in [1.29, 1.82) is 0 Å². The van der Waals surface area contributed by atoms with E-state index in [1.165, 1.54) is 0 Å². The van der Waals surface area contributed by atoms with Gasteiger partial charge in [-0.2, -0.15) is 0 Å². The van der Waals surface area contributed by atoms with Gasteiger partial charge in [-0.05, 0) is 32.8 Å². The molecule has 1 heterocycles. The van der Waals surface area contributed by atoms with Crippen molar-refractivity contribution in [3.63, 3.8) is 0 Å². The van der Waals surface area contributed by atoms with Gasteiger partial charge >= 0.3 is 0 Å². The maximum Gasteiger partial charge on any atom is 0.163 e. The second-order valence-electron chi connectivity index (χ2n) is 4.85. The van der Waals surface area contributed by atoms with Gasteiger partial charge in [-0.1, -0.05) is 13.0 Å². The number of hydrogen-bond acceptors (Lipinski definition) is 4. The number of ether oxygens (including phenoxy) is 3. The van der Waals surface area contributed by atoms with Gasteiger partial charge in [0.25, 0.3) is 0 Å². The van der Waals surface area contributed by atoms with Crippen LogP contribution in [0.3, 0.4) is 0 Å². The highest BCUT2D eigenvalue weighted by atomic mass is 16.7. The minimum Gasteiger partial charge on any atom is -0.389 e. The van der Waals surface area contributed by atoms with Crippen LogP contribution in [0.4, 0.5) is 0 Å². The number of hydrogen-bond donors (Lipinski definition) is 1. The Morgan fingerprint density at radius 3 is 2.76 bits per heavy atom. The van der Waals surface area contributed by atoms with E-state index in [1.807, 2.05) is 13.8 Å². The van der Waals surface area contributed by atoms with Gasteiger partial charge < -0.3 is 19.3 Å². The third-order valence-electron chi connectivity index (χ3n) is 2.49. The van der Waals surface area contributed by atoms with Crippen LogP contribution in [0.1, 0.15) is 34.1 Å². The lowest BCUT2D eigenvalue weighted by atomic mass is 10.1. The smallest absolute Gasteiger partial charge is 0.163 e. The Morgan fingerprint density at radius 2 is 2.29 bits per heavy atom. The monoisotopic (exact) mass is 244 g/mol. The highest BCUT2D eigenvalue weighted by molar-refractivity contribution is 5.13. The lowest BCUT2D eigenvalue weighted by Crippen LogP contribution is -2.24. The van der Waals surface area contributed by atoms with E-state index in [0.717, 1.165) is 12.0 Å². The Kier molecular flexibility index (Phi) is 5.59. The van der Waals surface area contributed by atoms with E-state index in [2.05, 4.69) is 6.92 Å². The van der Waals surface area contributed by atoms with E-state index in [4.69, 9.17) is 14.2 Å². The van der Waals surface area contributed by atoms with Crippen molar-refractivity contribution in [3.8, 4) is 0 Å². The molecule has 0 spiro atoms. The fourth-order valence-corrected chi connectivity index (χ4v) is 1.76. The summed E-state index contributed by atoms with van der Waals surface area (Å²) in [5.41, 5.74) is 0.957. The second-order valence-corrected chi connectivity index (χ2v) is 4.85. The van der Waals surface area contributed by atoms with Gasteiger partial charge in [0, 0.05) is 6.61 Å². The van der Waals surface area contributed by atoms with Crippen molar-refractivity contribution in [2.24, 2.45) is 0 Å². The maximum absolute atomic E-state index is 9.44. The molecular formula is C13H24O4. The van der Waals surface area contributed by atoms with Crippen LogP contribution in [0.15, 0.2) is 11.6 Å². The molecule has 1 rings (SSSR count). The molecule has 0 aromatic rings. The summed E-state index contributed by atoms with van der Waals surface area (Å²) in [5.74, 6) is -0.548. The highest BCUT2D eigenvalue weighted by Crippen LogP contribution is 2.26. The maximum atomic E-state index is 9.44. The molecule has 4 nitrogen and oxygen atoms in total. The van der Waals surface area contributed by atoms with E-state index in [9.17, 15) is 5.11 Å². The van der Waals surface area contributed by atoms with E-state index in [-0.39, 0.29) is 6.10 Å². The topological polar surface area (TPSA) is 47.9 Å². The largest absolute Gasteiger partial charge is 0.389 e. The second kappa shape index (κ2) is 6.50. The average molecular weight is 244 g/mol. The first-order valence-corrected chi connectivity index (χ1v) is 6.23. The molecule has 0 radical (unpaired) electrons. The van der Waals surface area contributed by atoms with E-state index < -0.39 is 11.9 Å². The molecule has 0 saturated carbocycles. The van der Waals surface area contributed by atoms with Gasteiger partial charge in [-0.15, -0.1) is 0 Å². The molecule has 0 bridgehead atoms. The zero-order valence-electron chi connectivity index (χ0n) is 11.2. The van der Waals surface area contributed by atoms with Crippen molar-refractivity contribution in [2.75, 3.05) is 19.8 Å². The Balaban J connectivity index is 2.58. The average Bonchev–Trinajstić information content (AvgIpc) is 2.57. The van der Waals surface area contributed by atoms with Crippen LogP contribution in [-0.2, 0) is 14.2 Å². The third kappa shape index (κ3) is 5.17. The van der Waals surface area contributed by atoms with Gasteiger partial charge in [0.15, 0.2) is 5.79 Å². The number of aliphatic hydroxyl groups is 1. The van der Waals surface area contributed by atoms with Gasteiger partial charge in [-0.25, -0.2) is 0 Å². The summed E-state index contributed by atoms with van der Waals surface area (Å²) in [6, 6.07) is 0. The normalized spacial score (nSPS) is 26.2. The Labute approximate surface area is 104 Å². The quantitative estimate of drug-likeness (QED) is 0.572. The molecule has 1 fully saturated rings. The molecule has 0 aromatic heterocycles. The highest BCUT2D eigenvalue weighted by Gasteiger charge is 2.34. The van der Waals surface area contributed by atoms with Gasteiger partial charge in [0.1, 0.15) is 6.10 Å². The lowest BCUT2D eigenvalue weighted by Gasteiger charge is -2.19. The summed E-state index contributed by atoms with van der Waals surface area (Å²) in [4.78, 5) is 0. The molecule has 17 heavy (non-hydrogen) atoms. The van der Waals surface area contributed by atoms with Crippen LogP contribution < -0.4 is 0 Å². The van der Waals surface area contributed by atoms with Gasteiger partial charge in [0.05, 0.1) is 19.3 Å². The standard InChI is InChI=1S/C13H24O4/c1-5-6-15-8-11(7-10(2)14)12-9-16-13(3,4)17-12/h7,10,12,14H,5-6,8-9H2,1-4H3/b11-7-. The Bertz CT molecular complexity index is 258. The Hall–Kier alpha value is -0.420. The summed E-state index contributed by atoms with van der Waals surface area (Å²) < 4.78 is 16.8. The molecule has 2 unspecified atom stereocenters. The lowest BCUT2D eigenvalue weighted by molar-refractivity contribution is -0.135. The van der Waals surface area contributed by atoms with E-state index in [0.29, 0.717) is 19.8 Å². The first kappa shape index (κ1) is 14.6. The van der Waals surface area contributed by atoms with Crippen LogP contribution in [-0.4, -0.2) is 42.9 Å². The fraction of sp³-hybridized carbons (Fsp3) is 0.846. The van der Waals surface area contributed by atoms with E-state index in [1.54, 1.807) is 13.0 Å². The van der Waals surface area contributed by atoms with Crippen molar-refractivity contribution >= 4 is 0 Å². The molecular weight excluding hydrogens is 220 g/mol. The predicted octanol–water partition coefficient (Wildman–Crippen LogP) is 1.87. The number of rotatable bonds is 6. The minimum absolute atomic E-state index is 0.114. The van der Waals surface area contributed by atoms with Crippen LogP contribution >= 0.6 is 0 Å². The predicted molar refractivity (Wildman–Crippen MR) is 65.8 cm³/mol. The summed E-state index contributed by atoms with van der Waals surface area (Å²) in [7, 11) is 0. The van der Waals surface area contributed by atoms with E-state index >= 15 is 0 Å². The van der Waals surface area contributed by atoms with Gasteiger partial charge in [-0.3, -0.25) is 0 Å². The van der Waals surface area contributed by atoms with Crippen molar-refractivity contribution in [3.05, 3.63) is 11.6 Å². The fourth-order valence-electron chi connectivity index (χ4n) is 1.76. The SMILES string of the molecule is CCCOC/C(=C/C(C)O)C1COC(C)(C)O1. The summed E-state index contributed by atoms with van der Waals surface area (Å²) in [6.07, 6.45) is 2.15. The zero-order valence-corrected chi connectivity index (χ0v) is 11.2. The minimum atomic E-state index is -0.548. The molecule has 4 heteroatoms. The Morgan fingerprint density at radius 1 is 1.59 bits per heavy atom. The van der Waals surface area contributed by atoms with Crippen LogP contribution in [0.5, 0.6) is 0 Å². The van der Waals surface area contributed by atoms with Crippen LogP contribution in [0, 0.1) is 0 Å². The molecule has 1 N–H and O–H groups in total. The molecule has 1 saturated heterocycles. The third-order valence-corrected chi connectivity index (χ3v) is 2.49. The zero-order chi connectivity index (χ0) is 12.9. The first-order chi connectivity index (χ1) is 7.94. The molecule has 1 aliphatic rings. The molecule has 0 aliphatic carbocycles. The number of aliphatic hydroxyl groups excluding tert-OH is 1.